The van der Waals surface area contributed by atoms with Gasteiger partial charge in [-0.3, -0.25) is 0 Å². The van der Waals surface area contributed by atoms with E-state index in [1.165, 1.54) is 14.2 Å². The molecule has 0 spiro atoms. The van der Waals surface area contributed by atoms with Crippen LogP contribution < -0.4 is 0 Å². The monoisotopic (exact) mass is 182 g/mol. The van der Waals surface area contributed by atoms with Crippen LogP contribution in [0.1, 0.15) is 13.8 Å². The van der Waals surface area contributed by atoms with Gasteiger partial charge in [0.15, 0.2) is 0 Å². The summed E-state index contributed by atoms with van der Waals surface area (Å²) in [4.78, 5) is 0. The minimum atomic E-state index is -1.83. The van der Waals surface area contributed by atoms with Crippen molar-refractivity contribution in [2.45, 2.75) is 13.8 Å². The van der Waals surface area contributed by atoms with Crippen molar-refractivity contribution in [1.29, 1.82) is 0 Å². The maximum atomic E-state index is 9.88. The Hall–Kier alpha value is -0.510. The Labute approximate surface area is 67.0 Å². The predicted octanol–water partition coefficient (Wildman–Crippen LogP) is 1.79. The van der Waals surface area contributed by atoms with Gasteiger partial charge in [0, 0.05) is 4.57 Å². The Morgan fingerprint density at radius 2 is 1.64 bits per heavy atom. The molecule has 0 bridgehead atoms. The average Bonchev–Trinajstić information content (AvgIpc) is 2.04. The Balaban J connectivity index is 0. The zero-order valence-corrected chi connectivity index (χ0v) is 7.96. The van der Waals surface area contributed by atoms with Crippen molar-refractivity contribution in [2.24, 2.45) is 5.16 Å². The molecule has 0 rings (SSSR count). The molecule has 0 aromatic carbocycles. The molecule has 0 unspecified atom stereocenters. The van der Waals surface area contributed by atoms with Gasteiger partial charge in [0.2, 0.25) is 0 Å². The molecule has 0 saturated heterocycles. The van der Waals surface area contributed by atoms with E-state index in [1.807, 2.05) is 0 Å². The Bertz CT molecular complexity index is 126. The molecular formula is C5H13NO4P+. The first-order valence-electron chi connectivity index (χ1n) is 2.79. The average molecular weight is 182 g/mol. The van der Waals surface area contributed by atoms with E-state index in [-0.39, 0.29) is 0 Å². The molecule has 1 N–H and O–H groups in total. The maximum absolute atomic E-state index is 9.88. The van der Waals surface area contributed by atoms with Crippen molar-refractivity contribution in [1.82, 2.24) is 0 Å². The number of nitrogens with zero attached hydrogens (tertiary/aromatic N) is 1. The van der Waals surface area contributed by atoms with Crippen LogP contribution in [0.2, 0.25) is 0 Å². The molecule has 6 heteroatoms. The lowest BCUT2D eigenvalue weighted by atomic mass is 10.5. The van der Waals surface area contributed by atoms with Crippen LogP contribution in [-0.4, -0.2) is 25.1 Å². The van der Waals surface area contributed by atoms with Crippen LogP contribution in [0.5, 0.6) is 0 Å². The van der Waals surface area contributed by atoms with Crippen molar-refractivity contribution in [3.8, 4) is 0 Å². The van der Waals surface area contributed by atoms with E-state index in [9.17, 15) is 4.57 Å². The second kappa shape index (κ2) is 9.49. The summed E-state index contributed by atoms with van der Waals surface area (Å²) in [5.74, 6) is 0. The van der Waals surface area contributed by atoms with Crippen LogP contribution in [0.15, 0.2) is 5.16 Å². The normalized spacial score (nSPS) is 7.64. The summed E-state index contributed by atoms with van der Waals surface area (Å²) in [6, 6.07) is 0. The van der Waals surface area contributed by atoms with Gasteiger partial charge in [-0.2, -0.15) is 0 Å². The zero-order valence-electron chi connectivity index (χ0n) is 7.07. The van der Waals surface area contributed by atoms with Gasteiger partial charge < -0.3 is 5.21 Å². The first kappa shape index (κ1) is 13.1. The van der Waals surface area contributed by atoms with Gasteiger partial charge in [0.25, 0.3) is 0 Å². The van der Waals surface area contributed by atoms with Crippen molar-refractivity contribution in [3.05, 3.63) is 0 Å². The molecule has 0 amide bonds. The van der Waals surface area contributed by atoms with Gasteiger partial charge in [-0.05, 0) is 13.8 Å². The van der Waals surface area contributed by atoms with E-state index >= 15 is 0 Å². The molecule has 0 aromatic rings. The molecule has 11 heavy (non-hydrogen) atoms. The first-order chi connectivity index (χ1) is 5.08. The van der Waals surface area contributed by atoms with Crippen LogP contribution in [0, 0.1) is 0 Å². The van der Waals surface area contributed by atoms with Crippen LogP contribution in [-0.2, 0) is 13.6 Å². The lowest BCUT2D eigenvalue weighted by Gasteiger charge is -1.72. The third-order valence-corrected chi connectivity index (χ3v) is 1.09. The summed E-state index contributed by atoms with van der Waals surface area (Å²) >= 11 is 0. The molecule has 5 nitrogen and oxygen atoms in total. The number of rotatable bonds is 2. The topological polar surface area (TPSA) is 68.1 Å². The number of hydrogen-bond donors (Lipinski definition) is 1. The predicted molar refractivity (Wildman–Crippen MR) is 42.2 cm³/mol. The summed E-state index contributed by atoms with van der Waals surface area (Å²) < 4.78 is 18.3. The molecule has 0 aliphatic rings. The Kier molecular flexibility index (Phi) is 11.3. The minimum absolute atomic E-state index is 0.685. The zero-order chi connectivity index (χ0) is 9.28. The molecule has 0 saturated carbocycles. The maximum Gasteiger partial charge on any atom is 0.696 e. The Morgan fingerprint density at radius 1 is 1.36 bits per heavy atom. The molecule has 0 aromatic heterocycles. The van der Waals surface area contributed by atoms with Crippen molar-refractivity contribution in [2.75, 3.05) is 14.2 Å². The molecule has 0 atom stereocenters. The van der Waals surface area contributed by atoms with Crippen LogP contribution in [0.25, 0.3) is 0 Å². The lowest BCUT2D eigenvalue weighted by molar-refractivity contribution is 0.302. The number of hydrogen-bond acceptors (Lipinski definition) is 5. The molecule has 0 aliphatic heterocycles. The second-order valence-corrected chi connectivity index (χ2v) is 2.81. The molecule has 0 fully saturated rings. The highest BCUT2D eigenvalue weighted by atomic mass is 31.1. The van der Waals surface area contributed by atoms with Gasteiger partial charge in [-0.1, -0.05) is 5.16 Å². The third kappa shape index (κ3) is 17.7. The van der Waals surface area contributed by atoms with Gasteiger partial charge >= 0.3 is 8.25 Å². The van der Waals surface area contributed by atoms with E-state index in [2.05, 4.69) is 14.2 Å². The highest BCUT2D eigenvalue weighted by Crippen LogP contribution is 2.18. The molecule has 0 aliphatic carbocycles. The summed E-state index contributed by atoms with van der Waals surface area (Å²) in [5, 5.41) is 10.5. The fraction of sp³-hybridized carbons (Fsp3) is 0.800. The summed E-state index contributed by atoms with van der Waals surface area (Å²) in [5.41, 5.74) is 0.685. The van der Waals surface area contributed by atoms with Crippen LogP contribution in [0.3, 0.4) is 0 Å². The quantitative estimate of drug-likeness (QED) is 0.306. The number of oxime groups is 1. The lowest BCUT2D eigenvalue weighted by Crippen LogP contribution is -1.74. The molecule has 0 heterocycles. The molecule has 0 radical (unpaired) electrons. The van der Waals surface area contributed by atoms with Gasteiger partial charge in [-0.15, -0.1) is 9.05 Å². The van der Waals surface area contributed by atoms with Gasteiger partial charge in [0.1, 0.15) is 0 Å². The first-order valence-corrected chi connectivity index (χ1v) is 3.88. The van der Waals surface area contributed by atoms with Crippen LogP contribution >= 0.6 is 8.25 Å². The largest absolute Gasteiger partial charge is 0.696 e. The summed E-state index contributed by atoms with van der Waals surface area (Å²) in [6.45, 7) is 3.44. The smallest absolute Gasteiger partial charge is 0.411 e. The Morgan fingerprint density at radius 3 is 1.64 bits per heavy atom. The summed E-state index contributed by atoms with van der Waals surface area (Å²) in [6.07, 6.45) is 0. The highest BCUT2D eigenvalue weighted by molar-refractivity contribution is 7.33. The van der Waals surface area contributed by atoms with E-state index in [0.717, 1.165) is 0 Å². The minimum Gasteiger partial charge on any atom is -0.411 e. The third-order valence-electron chi connectivity index (χ3n) is 0.498. The fourth-order valence-electron chi connectivity index (χ4n) is 0.0745. The fourth-order valence-corrected chi connectivity index (χ4v) is 0.224. The van der Waals surface area contributed by atoms with Crippen molar-refractivity contribution in [3.63, 3.8) is 0 Å². The molecular weight excluding hydrogens is 169 g/mol. The van der Waals surface area contributed by atoms with E-state index < -0.39 is 8.25 Å². The van der Waals surface area contributed by atoms with E-state index in [4.69, 9.17) is 5.21 Å². The van der Waals surface area contributed by atoms with Crippen molar-refractivity contribution >= 4 is 14.0 Å². The van der Waals surface area contributed by atoms with E-state index in [1.54, 1.807) is 13.8 Å². The van der Waals surface area contributed by atoms with Crippen molar-refractivity contribution < 1.29 is 18.8 Å². The molecule has 66 valence electrons. The second-order valence-electron chi connectivity index (χ2n) is 1.64. The highest BCUT2D eigenvalue weighted by Gasteiger charge is 2.10. The van der Waals surface area contributed by atoms with Gasteiger partial charge in [-0.25, -0.2) is 0 Å². The summed E-state index contributed by atoms with van der Waals surface area (Å²) in [7, 11) is 0.817. The standard InChI is InChI=1S/C3H7NO.C2H6O3P/c1-3(2)4-5;1-4-6(3)5-2/h5H,1-2H3;1-2H3/q;+1. The van der Waals surface area contributed by atoms with Crippen LogP contribution in [0.4, 0.5) is 0 Å². The van der Waals surface area contributed by atoms with Gasteiger partial charge in [0.05, 0.1) is 19.9 Å². The van der Waals surface area contributed by atoms with E-state index in [0.29, 0.717) is 5.71 Å². The SMILES string of the molecule is CC(C)=NO.CO[P+](=O)OC.